The zero-order chi connectivity index (χ0) is 26.7. The third kappa shape index (κ3) is 7.44. The number of rotatable bonds is 10. The smallest absolute Gasteiger partial charge is 0.272 e. The van der Waals surface area contributed by atoms with Crippen LogP contribution in [0.15, 0.2) is 120 Å². The molecule has 0 bridgehead atoms. The van der Waals surface area contributed by atoms with Crippen LogP contribution in [0.5, 0.6) is 5.75 Å². The van der Waals surface area contributed by atoms with Gasteiger partial charge in [0, 0.05) is 21.7 Å². The van der Waals surface area contributed by atoms with Gasteiger partial charge in [-0.2, -0.15) is 0 Å². The summed E-state index contributed by atoms with van der Waals surface area (Å²) in [5, 5.41) is 5.57. The molecule has 0 aliphatic carbocycles. The highest BCUT2D eigenvalue weighted by Gasteiger charge is 2.15. The molecule has 0 unspecified atom stereocenters. The van der Waals surface area contributed by atoms with E-state index in [1.807, 2.05) is 48.5 Å². The molecule has 0 saturated heterocycles. The van der Waals surface area contributed by atoms with Crippen LogP contribution in [0, 0.1) is 0 Å². The van der Waals surface area contributed by atoms with Crippen LogP contribution in [-0.2, 0) is 4.79 Å². The molecule has 0 atom stereocenters. The minimum absolute atomic E-state index is 0.00359. The number of Topliss-reactive ketones (excluding diaryl/α,β-unsaturated/α-hetero) is 1. The summed E-state index contributed by atoms with van der Waals surface area (Å²) in [6, 6.07) is 32.3. The van der Waals surface area contributed by atoms with Crippen LogP contribution in [0.2, 0.25) is 0 Å². The summed E-state index contributed by atoms with van der Waals surface area (Å²) in [4.78, 5) is 39.3. The van der Waals surface area contributed by atoms with Gasteiger partial charge < -0.3 is 15.4 Å². The summed E-state index contributed by atoms with van der Waals surface area (Å²) in [5.74, 6) is 0.0776. The number of anilines is 1. The fraction of sp³-hybridized carbons (Fsp3) is 0.0645. The summed E-state index contributed by atoms with van der Waals surface area (Å²) in [7, 11) is 1.57. The van der Waals surface area contributed by atoms with Gasteiger partial charge in [-0.1, -0.05) is 60.7 Å². The molecular weight excluding hydrogens is 496 g/mol. The second-order valence-electron chi connectivity index (χ2n) is 8.21. The van der Waals surface area contributed by atoms with Gasteiger partial charge in [0.15, 0.2) is 5.78 Å². The first-order chi connectivity index (χ1) is 18.5. The lowest BCUT2D eigenvalue weighted by atomic mass is 10.1. The van der Waals surface area contributed by atoms with Gasteiger partial charge in [0.25, 0.3) is 11.8 Å². The monoisotopic (exact) mass is 522 g/mol. The summed E-state index contributed by atoms with van der Waals surface area (Å²) < 4.78 is 5.19. The average Bonchev–Trinajstić information content (AvgIpc) is 2.97. The summed E-state index contributed by atoms with van der Waals surface area (Å²) >= 11 is 1.41. The first-order valence-electron chi connectivity index (χ1n) is 11.9. The van der Waals surface area contributed by atoms with Crippen molar-refractivity contribution in [2.75, 3.05) is 18.2 Å². The summed E-state index contributed by atoms with van der Waals surface area (Å²) in [6.07, 6.45) is 1.63. The number of hydrogen-bond donors (Lipinski definition) is 2. The molecule has 190 valence electrons. The zero-order valence-electron chi connectivity index (χ0n) is 20.7. The van der Waals surface area contributed by atoms with Gasteiger partial charge >= 0.3 is 0 Å². The summed E-state index contributed by atoms with van der Waals surface area (Å²) in [6.45, 7) is 0. The number of hydrogen-bond acceptors (Lipinski definition) is 5. The Hall–Kier alpha value is -4.62. The molecule has 0 spiro atoms. The second kappa shape index (κ2) is 13.1. The van der Waals surface area contributed by atoms with Gasteiger partial charge in [-0.05, 0) is 60.2 Å². The van der Waals surface area contributed by atoms with Crippen LogP contribution in [0.3, 0.4) is 0 Å². The Labute approximate surface area is 225 Å². The molecule has 38 heavy (non-hydrogen) atoms. The van der Waals surface area contributed by atoms with E-state index in [0.29, 0.717) is 22.6 Å². The minimum Gasteiger partial charge on any atom is -0.497 e. The number of thioether (sulfide) groups is 1. The molecule has 0 aromatic heterocycles. The maximum Gasteiger partial charge on any atom is 0.272 e. The quantitative estimate of drug-likeness (QED) is 0.150. The Kier molecular flexibility index (Phi) is 9.10. The van der Waals surface area contributed by atoms with Crippen LogP contribution in [0.25, 0.3) is 6.08 Å². The highest BCUT2D eigenvalue weighted by Crippen LogP contribution is 2.23. The van der Waals surface area contributed by atoms with Crippen molar-refractivity contribution < 1.29 is 19.1 Å². The van der Waals surface area contributed by atoms with Crippen molar-refractivity contribution in [3.05, 3.63) is 132 Å². The molecule has 0 aliphatic rings. The highest BCUT2D eigenvalue weighted by atomic mass is 32.2. The predicted molar refractivity (Wildman–Crippen MR) is 151 cm³/mol. The number of methoxy groups -OCH3 is 1. The molecule has 0 fully saturated rings. The van der Waals surface area contributed by atoms with E-state index < -0.39 is 5.91 Å². The maximum absolute atomic E-state index is 13.1. The van der Waals surface area contributed by atoms with E-state index in [9.17, 15) is 14.4 Å². The van der Waals surface area contributed by atoms with Crippen LogP contribution >= 0.6 is 11.8 Å². The number of carbonyl (C=O) groups is 3. The van der Waals surface area contributed by atoms with Crippen molar-refractivity contribution in [1.29, 1.82) is 0 Å². The molecule has 4 aromatic rings. The first kappa shape index (κ1) is 26.4. The Morgan fingerprint density at radius 1 is 0.789 bits per heavy atom. The molecule has 0 saturated carbocycles. The van der Waals surface area contributed by atoms with Crippen LogP contribution in [0.4, 0.5) is 5.69 Å². The Balaban J connectivity index is 1.41. The normalized spacial score (nSPS) is 10.9. The molecule has 7 heteroatoms. The van der Waals surface area contributed by atoms with Crippen LogP contribution < -0.4 is 15.4 Å². The zero-order valence-corrected chi connectivity index (χ0v) is 21.5. The van der Waals surface area contributed by atoms with E-state index in [4.69, 9.17) is 4.74 Å². The van der Waals surface area contributed by atoms with Crippen molar-refractivity contribution in [3.63, 3.8) is 0 Å². The van der Waals surface area contributed by atoms with Crippen LogP contribution in [0.1, 0.15) is 26.3 Å². The molecule has 4 aromatic carbocycles. The number of nitrogens with one attached hydrogen (secondary N) is 2. The number of benzene rings is 4. The van der Waals surface area contributed by atoms with Crippen molar-refractivity contribution in [2.45, 2.75) is 4.90 Å². The number of ether oxygens (including phenoxy) is 1. The number of amides is 2. The van der Waals surface area contributed by atoms with E-state index in [1.165, 1.54) is 11.8 Å². The topological polar surface area (TPSA) is 84.5 Å². The number of carbonyl (C=O) groups excluding carboxylic acids is 3. The molecule has 0 aliphatic heterocycles. The van der Waals surface area contributed by atoms with Crippen molar-refractivity contribution >= 4 is 41.1 Å². The molecule has 0 radical (unpaired) electrons. The van der Waals surface area contributed by atoms with E-state index in [-0.39, 0.29) is 23.1 Å². The fourth-order valence-electron chi connectivity index (χ4n) is 3.52. The average molecular weight is 523 g/mol. The van der Waals surface area contributed by atoms with Gasteiger partial charge in [-0.25, -0.2) is 0 Å². The Morgan fingerprint density at radius 2 is 1.45 bits per heavy atom. The molecule has 2 N–H and O–H groups in total. The Morgan fingerprint density at radius 3 is 2.13 bits per heavy atom. The standard InChI is InChI=1S/C31H26N2O4S/c1-37-26-14-8-13-24(20-26)29(34)21-38-27-17-15-25(16-18-27)32-31(36)28(19-22-9-4-2-5-10-22)33-30(35)23-11-6-3-7-12-23/h2-20H,21H2,1H3,(H,32,36)(H,33,35)/b28-19-. The molecule has 2 amide bonds. The SMILES string of the molecule is COc1cccc(C(=O)CSc2ccc(NC(=O)/C(=C/c3ccccc3)NC(=O)c3ccccc3)cc2)c1. The molecular formula is C31H26N2O4S. The van der Waals surface area contributed by atoms with Crippen molar-refractivity contribution in [3.8, 4) is 5.75 Å². The maximum atomic E-state index is 13.1. The minimum atomic E-state index is -0.452. The van der Waals surface area contributed by atoms with E-state index in [1.54, 1.807) is 73.8 Å². The van der Waals surface area contributed by atoms with Crippen molar-refractivity contribution in [2.24, 2.45) is 0 Å². The third-order valence-electron chi connectivity index (χ3n) is 5.51. The highest BCUT2D eigenvalue weighted by molar-refractivity contribution is 8.00. The lowest BCUT2D eigenvalue weighted by Gasteiger charge is -2.12. The van der Waals surface area contributed by atoms with Crippen LogP contribution in [-0.4, -0.2) is 30.5 Å². The Bertz CT molecular complexity index is 1440. The van der Waals surface area contributed by atoms with E-state index >= 15 is 0 Å². The first-order valence-corrected chi connectivity index (χ1v) is 12.8. The van der Waals surface area contributed by atoms with Crippen molar-refractivity contribution in [1.82, 2.24) is 5.32 Å². The number of ketones is 1. The third-order valence-corrected chi connectivity index (χ3v) is 6.53. The van der Waals surface area contributed by atoms with Gasteiger partial charge in [-0.3, -0.25) is 14.4 Å². The predicted octanol–water partition coefficient (Wildman–Crippen LogP) is 6.08. The summed E-state index contributed by atoms with van der Waals surface area (Å²) in [5.41, 5.74) is 2.50. The van der Waals surface area contributed by atoms with Gasteiger partial charge in [0.1, 0.15) is 11.4 Å². The molecule has 0 heterocycles. The lowest BCUT2D eigenvalue weighted by Crippen LogP contribution is -2.30. The molecule has 6 nitrogen and oxygen atoms in total. The second-order valence-corrected chi connectivity index (χ2v) is 9.26. The largest absolute Gasteiger partial charge is 0.497 e. The van der Waals surface area contributed by atoms with E-state index in [0.717, 1.165) is 10.5 Å². The van der Waals surface area contributed by atoms with Gasteiger partial charge in [-0.15, -0.1) is 11.8 Å². The molecule has 4 rings (SSSR count). The fourth-order valence-corrected chi connectivity index (χ4v) is 4.31. The van der Waals surface area contributed by atoms with Gasteiger partial charge in [0.05, 0.1) is 12.9 Å². The van der Waals surface area contributed by atoms with E-state index in [2.05, 4.69) is 10.6 Å². The lowest BCUT2D eigenvalue weighted by molar-refractivity contribution is -0.113. The van der Waals surface area contributed by atoms with Gasteiger partial charge in [0.2, 0.25) is 0 Å².